The van der Waals surface area contributed by atoms with E-state index in [0.29, 0.717) is 11.6 Å². The maximum Gasteiger partial charge on any atom is 0.0331 e. The summed E-state index contributed by atoms with van der Waals surface area (Å²) in [5, 5.41) is 3.82. The van der Waals surface area contributed by atoms with Crippen molar-refractivity contribution in [3.05, 3.63) is 0 Å². The number of nitrogens with zero attached hydrogens (tertiary/aromatic N) is 1. The molecular formula is C18H38N2. The first-order valence-electron chi connectivity index (χ1n) is 9.06. The van der Waals surface area contributed by atoms with Gasteiger partial charge in [-0.15, -0.1) is 0 Å². The van der Waals surface area contributed by atoms with E-state index in [9.17, 15) is 0 Å². The van der Waals surface area contributed by atoms with Crippen molar-refractivity contribution in [3.63, 3.8) is 0 Å². The molecule has 20 heavy (non-hydrogen) atoms. The molecule has 1 rings (SSSR count). The van der Waals surface area contributed by atoms with Crippen molar-refractivity contribution in [3.8, 4) is 0 Å². The fraction of sp³-hybridized carbons (Fsp3) is 1.00. The van der Waals surface area contributed by atoms with Gasteiger partial charge < -0.3 is 5.32 Å². The molecule has 1 saturated heterocycles. The fourth-order valence-corrected chi connectivity index (χ4v) is 3.91. The lowest BCUT2D eigenvalue weighted by Crippen LogP contribution is -2.60. The van der Waals surface area contributed by atoms with Crippen LogP contribution in [-0.4, -0.2) is 36.1 Å². The summed E-state index contributed by atoms with van der Waals surface area (Å²) < 4.78 is 0. The van der Waals surface area contributed by atoms with Crippen LogP contribution in [0.1, 0.15) is 79.6 Å². The molecule has 120 valence electrons. The lowest BCUT2D eigenvalue weighted by atomic mass is 9.80. The van der Waals surface area contributed by atoms with Crippen LogP contribution in [0, 0.1) is 5.92 Å². The first kappa shape index (κ1) is 18.0. The van der Waals surface area contributed by atoms with Gasteiger partial charge in [0.15, 0.2) is 0 Å². The summed E-state index contributed by atoms with van der Waals surface area (Å²) in [7, 11) is 0. The van der Waals surface area contributed by atoms with Gasteiger partial charge in [0, 0.05) is 11.6 Å². The highest BCUT2D eigenvalue weighted by atomic mass is 15.2. The molecule has 0 spiro atoms. The zero-order chi connectivity index (χ0) is 15.0. The van der Waals surface area contributed by atoms with E-state index in [0.717, 1.165) is 12.5 Å². The summed E-state index contributed by atoms with van der Waals surface area (Å²) in [5.74, 6) is 0.833. The Bertz CT molecular complexity index is 248. The maximum absolute atomic E-state index is 3.82. The highest BCUT2D eigenvalue weighted by Crippen LogP contribution is 2.31. The van der Waals surface area contributed by atoms with Gasteiger partial charge in [0.2, 0.25) is 0 Å². The molecule has 0 radical (unpaired) electrons. The van der Waals surface area contributed by atoms with Gasteiger partial charge in [-0.3, -0.25) is 4.90 Å². The second-order valence-electron chi connectivity index (χ2n) is 7.00. The number of likely N-dealkylation sites (N-methyl/N-ethyl adjacent to an activating group) is 1. The lowest BCUT2D eigenvalue weighted by molar-refractivity contribution is 0.0357. The molecule has 0 aromatic heterocycles. The van der Waals surface area contributed by atoms with Gasteiger partial charge in [-0.25, -0.2) is 0 Å². The molecule has 2 nitrogen and oxygen atoms in total. The van der Waals surface area contributed by atoms with E-state index in [1.54, 1.807) is 0 Å². The Morgan fingerprint density at radius 1 is 1.10 bits per heavy atom. The van der Waals surface area contributed by atoms with Gasteiger partial charge in [0.05, 0.1) is 0 Å². The lowest BCUT2D eigenvalue weighted by Gasteiger charge is -2.49. The third-order valence-electron chi connectivity index (χ3n) is 5.42. The van der Waals surface area contributed by atoms with Crippen molar-refractivity contribution in [1.29, 1.82) is 0 Å². The highest BCUT2D eigenvalue weighted by molar-refractivity contribution is 4.97. The van der Waals surface area contributed by atoms with Gasteiger partial charge in [-0.1, -0.05) is 47.0 Å². The van der Waals surface area contributed by atoms with Crippen LogP contribution in [0.2, 0.25) is 0 Å². The van der Waals surface area contributed by atoms with Crippen LogP contribution in [0.25, 0.3) is 0 Å². The zero-order valence-corrected chi connectivity index (χ0v) is 14.7. The van der Waals surface area contributed by atoms with E-state index in [4.69, 9.17) is 0 Å². The van der Waals surface area contributed by atoms with E-state index in [2.05, 4.69) is 44.8 Å². The minimum atomic E-state index is 0.332. The predicted octanol–water partition coefficient (Wildman–Crippen LogP) is 4.45. The molecule has 0 aliphatic carbocycles. The Morgan fingerprint density at radius 2 is 1.75 bits per heavy atom. The number of nitrogens with one attached hydrogen (secondary N) is 1. The second kappa shape index (κ2) is 9.04. The van der Waals surface area contributed by atoms with Crippen LogP contribution in [0.4, 0.5) is 0 Å². The Labute approximate surface area is 127 Å². The van der Waals surface area contributed by atoms with Gasteiger partial charge in [0.1, 0.15) is 0 Å². The van der Waals surface area contributed by atoms with Crippen molar-refractivity contribution in [1.82, 2.24) is 10.2 Å². The summed E-state index contributed by atoms with van der Waals surface area (Å²) in [5.41, 5.74) is 0.332. The summed E-state index contributed by atoms with van der Waals surface area (Å²) in [6.07, 6.45) is 9.45. The van der Waals surface area contributed by atoms with Crippen molar-refractivity contribution >= 4 is 0 Å². The average molecular weight is 283 g/mol. The van der Waals surface area contributed by atoms with Crippen LogP contribution in [0.3, 0.4) is 0 Å². The summed E-state index contributed by atoms with van der Waals surface area (Å²) >= 11 is 0. The van der Waals surface area contributed by atoms with E-state index in [1.807, 2.05) is 0 Å². The Kier molecular flexibility index (Phi) is 8.13. The second-order valence-corrected chi connectivity index (χ2v) is 7.00. The SMILES string of the molecule is CCCC(C)CC(NCC)C(C)(CC)N1CCCCC1. The topological polar surface area (TPSA) is 15.3 Å². The van der Waals surface area contributed by atoms with E-state index in [-0.39, 0.29) is 0 Å². The largest absolute Gasteiger partial charge is 0.312 e. The third kappa shape index (κ3) is 4.73. The number of hydrogen-bond acceptors (Lipinski definition) is 2. The predicted molar refractivity (Wildman–Crippen MR) is 90.3 cm³/mol. The number of hydrogen-bond donors (Lipinski definition) is 1. The van der Waals surface area contributed by atoms with Crippen LogP contribution in [0.5, 0.6) is 0 Å². The van der Waals surface area contributed by atoms with Crippen molar-refractivity contribution in [2.75, 3.05) is 19.6 Å². The molecular weight excluding hydrogens is 244 g/mol. The quantitative estimate of drug-likeness (QED) is 0.672. The first-order chi connectivity index (χ1) is 9.58. The van der Waals surface area contributed by atoms with Gasteiger partial charge in [0.25, 0.3) is 0 Å². The summed E-state index contributed by atoms with van der Waals surface area (Å²) in [6, 6.07) is 0.636. The standard InChI is InChI=1S/C18H38N2/c1-6-12-16(4)15-17(19-8-3)18(5,7-2)20-13-10-9-11-14-20/h16-17,19H,6-15H2,1-5H3. The monoisotopic (exact) mass is 282 g/mol. The van der Waals surface area contributed by atoms with Crippen LogP contribution >= 0.6 is 0 Å². The van der Waals surface area contributed by atoms with Gasteiger partial charge >= 0.3 is 0 Å². The summed E-state index contributed by atoms with van der Waals surface area (Å²) in [6.45, 7) is 15.6. The van der Waals surface area contributed by atoms with Crippen LogP contribution < -0.4 is 5.32 Å². The van der Waals surface area contributed by atoms with E-state index >= 15 is 0 Å². The van der Waals surface area contributed by atoms with Crippen molar-refractivity contribution in [2.45, 2.75) is 91.1 Å². The molecule has 0 bridgehead atoms. The number of piperidine rings is 1. The molecule has 0 saturated carbocycles. The molecule has 1 fully saturated rings. The van der Waals surface area contributed by atoms with Crippen LogP contribution in [0.15, 0.2) is 0 Å². The molecule has 1 heterocycles. The Morgan fingerprint density at radius 3 is 2.25 bits per heavy atom. The Hall–Kier alpha value is -0.0800. The molecule has 1 aliphatic heterocycles. The molecule has 2 heteroatoms. The molecule has 0 aromatic carbocycles. The molecule has 1 N–H and O–H groups in total. The number of rotatable bonds is 9. The normalized spacial score (nSPS) is 23.2. The van der Waals surface area contributed by atoms with Gasteiger partial charge in [-0.2, -0.15) is 0 Å². The third-order valence-corrected chi connectivity index (χ3v) is 5.42. The summed E-state index contributed by atoms with van der Waals surface area (Å²) in [4.78, 5) is 2.78. The molecule has 3 atom stereocenters. The van der Waals surface area contributed by atoms with Gasteiger partial charge in [-0.05, 0) is 58.2 Å². The van der Waals surface area contributed by atoms with E-state index < -0.39 is 0 Å². The van der Waals surface area contributed by atoms with Crippen molar-refractivity contribution in [2.24, 2.45) is 5.92 Å². The minimum Gasteiger partial charge on any atom is -0.312 e. The smallest absolute Gasteiger partial charge is 0.0331 e. The first-order valence-corrected chi connectivity index (χ1v) is 9.06. The fourth-order valence-electron chi connectivity index (χ4n) is 3.91. The minimum absolute atomic E-state index is 0.332. The van der Waals surface area contributed by atoms with Crippen LogP contribution in [-0.2, 0) is 0 Å². The average Bonchev–Trinajstić information content (AvgIpc) is 2.47. The molecule has 0 amide bonds. The molecule has 3 unspecified atom stereocenters. The molecule has 0 aromatic rings. The number of likely N-dealkylation sites (tertiary alicyclic amines) is 1. The van der Waals surface area contributed by atoms with E-state index in [1.165, 1.54) is 58.0 Å². The Balaban J connectivity index is 2.76. The maximum atomic E-state index is 3.82. The molecule has 1 aliphatic rings. The highest BCUT2D eigenvalue weighted by Gasteiger charge is 2.38. The van der Waals surface area contributed by atoms with Crippen molar-refractivity contribution < 1.29 is 0 Å². The zero-order valence-electron chi connectivity index (χ0n) is 14.7.